The van der Waals surface area contributed by atoms with Gasteiger partial charge < -0.3 is 18.6 Å². The van der Waals surface area contributed by atoms with Gasteiger partial charge in [-0.2, -0.15) is 0 Å². The quantitative estimate of drug-likeness (QED) is 0.167. The van der Waals surface area contributed by atoms with Crippen LogP contribution in [0, 0.1) is 0 Å². The Bertz CT molecular complexity index is 3620. The van der Waals surface area contributed by atoms with Crippen molar-refractivity contribution in [2.24, 2.45) is 0 Å². The number of hydrogen-bond acceptors (Lipinski definition) is 3. The van der Waals surface area contributed by atoms with Crippen molar-refractivity contribution >= 4 is 83.3 Å². The summed E-state index contributed by atoms with van der Waals surface area (Å²) in [6, 6.07) is 64.9. The normalized spacial score (nSPS) is 13.7. The van der Waals surface area contributed by atoms with Crippen molar-refractivity contribution < 1.29 is 4.42 Å². The van der Waals surface area contributed by atoms with Gasteiger partial charge >= 0.3 is 0 Å². The molecule has 0 saturated carbocycles. The molecular formula is C61H53N3O. The summed E-state index contributed by atoms with van der Waals surface area (Å²) >= 11 is 0. The van der Waals surface area contributed by atoms with Gasteiger partial charge in [-0.1, -0.05) is 146 Å². The number of nitrogens with zero attached hydrogens (tertiary/aromatic N) is 3. The number of furan rings is 1. The van der Waals surface area contributed by atoms with Crippen LogP contribution in [0.5, 0.6) is 0 Å². The predicted molar refractivity (Wildman–Crippen MR) is 275 cm³/mol. The second-order valence-electron chi connectivity index (χ2n) is 20.7. The molecule has 0 bridgehead atoms. The molecule has 3 heterocycles. The Labute approximate surface area is 381 Å². The molecule has 0 saturated heterocycles. The Morgan fingerprint density at radius 3 is 1.66 bits per heavy atom. The molecule has 0 spiro atoms. The molecule has 0 unspecified atom stereocenters. The van der Waals surface area contributed by atoms with Crippen molar-refractivity contribution in [1.29, 1.82) is 0 Å². The zero-order valence-electron chi connectivity index (χ0n) is 38.5. The van der Waals surface area contributed by atoms with Crippen molar-refractivity contribution in [3.63, 3.8) is 0 Å². The maximum atomic E-state index is 7.07. The van der Waals surface area contributed by atoms with E-state index in [0.717, 1.165) is 72.4 Å². The molecule has 318 valence electrons. The largest absolute Gasteiger partial charge is 0.454 e. The Kier molecular flexibility index (Phi) is 8.37. The number of rotatable bonds is 6. The molecule has 12 rings (SSSR count). The van der Waals surface area contributed by atoms with E-state index >= 15 is 0 Å². The third-order valence-electron chi connectivity index (χ3n) is 14.2. The van der Waals surface area contributed by atoms with Gasteiger partial charge in [0.1, 0.15) is 11.1 Å². The van der Waals surface area contributed by atoms with Crippen molar-refractivity contribution in [1.82, 2.24) is 4.40 Å². The summed E-state index contributed by atoms with van der Waals surface area (Å²) in [4.78, 5) is 4.82. The molecule has 4 heteroatoms. The van der Waals surface area contributed by atoms with Crippen LogP contribution in [0.1, 0.15) is 77.6 Å². The monoisotopic (exact) mass is 843 g/mol. The smallest absolute Gasteiger partial charge is 0.161 e. The Morgan fingerprint density at radius 1 is 0.477 bits per heavy atom. The van der Waals surface area contributed by atoms with Crippen molar-refractivity contribution in [3.8, 4) is 11.3 Å². The van der Waals surface area contributed by atoms with Crippen LogP contribution >= 0.6 is 0 Å². The van der Waals surface area contributed by atoms with Crippen LogP contribution < -0.4 is 9.80 Å². The summed E-state index contributed by atoms with van der Waals surface area (Å²) in [5, 5.41) is 5.82. The Hall–Kier alpha value is -7.30. The minimum atomic E-state index is -0.258. The molecule has 65 heavy (non-hydrogen) atoms. The van der Waals surface area contributed by atoms with Gasteiger partial charge in [-0.15, -0.1) is 0 Å². The third kappa shape index (κ3) is 5.89. The molecule has 1 aliphatic rings. The van der Waals surface area contributed by atoms with E-state index in [9.17, 15) is 0 Å². The van der Waals surface area contributed by atoms with Gasteiger partial charge in [-0.3, -0.25) is 0 Å². The van der Waals surface area contributed by atoms with Gasteiger partial charge in [-0.25, -0.2) is 0 Å². The lowest BCUT2D eigenvalue weighted by molar-refractivity contribution is 0.590. The summed E-state index contributed by atoms with van der Waals surface area (Å²) in [5.74, 6) is 0. The standard InChI is InChI=1S/C61H53N3O/c1-59(2,3)40-24-29-44(30-25-40)62(42-17-11-9-12-18-42)46-28-23-38-37-52-49(36-39(38)35-46)57-58(65-52)48-33-34-51(53-54-56(64(57)55(48)53)47-21-15-16-22-50(47)61(54,7)8)63(43-19-13-10-14-20-43)45-31-26-41(27-32-45)60(4,5)6/h9-37H,1-8H3. The number of fused-ring (bicyclic) bond motifs is 11. The van der Waals surface area contributed by atoms with Crippen LogP contribution in [0.2, 0.25) is 0 Å². The highest BCUT2D eigenvalue weighted by Gasteiger charge is 2.43. The molecule has 0 atom stereocenters. The van der Waals surface area contributed by atoms with E-state index in [4.69, 9.17) is 4.42 Å². The summed E-state index contributed by atoms with van der Waals surface area (Å²) in [6.07, 6.45) is 0. The molecular weight excluding hydrogens is 791 g/mol. The van der Waals surface area contributed by atoms with E-state index < -0.39 is 0 Å². The molecule has 3 aromatic heterocycles. The van der Waals surface area contributed by atoms with Crippen molar-refractivity contribution in [3.05, 3.63) is 198 Å². The van der Waals surface area contributed by atoms with Gasteiger partial charge in [0, 0.05) is 55.6 Å². The van der Waals surface area contributed by atoms with Crippen LogP contribution in [0.4, 0.5) is 34.1 Å². The lowest BCUT2D eigenvalue weighted by Crippen LogP contribution is -2.17. The van der Waals surface area contributed by atoms with E-state index in [-0.39, 0.29) is 16.2 Å². The second kappa shape index (κ2) is 13.8. The molecule has 4 nitrogen and oxygen atoms in total. The fraction of sp³-hybridized carbons (Fsp3) is 0.180. The minimum Gasteiger partial charge on any atom is -0.454 e. The van der Waals surface area contributed by atoms with E-state index in [1.807, 2.05) is 0 Å². The average molecular weight is 844 g/mol. The van der Waals surface area contributed by atoms with Crippen molar-refractivity contribution in [2.45, 2.75) is 71.6 Å². The Balaban J connectivity index is 1.12. The van der Waals surface area contributed by atoms with Gasteiger partial charge in [0.25, 0.3) is 0 Å². The maximum Gasteiger partial charge on any atom is 0.161 e. The topological polar surface area (TPSA) is 24.0 Å². The SMILES string of the molecule is CC(C)(C)c1ccc(N(c2ccccc2)c2ccc3cc4oc5c6ccc(N(c7ccccc7)c7ccc(C(C)(C)C)cc7)c7c8c(n(c76)c5c4cc3c2)-c2ccccc2C8(C)C)cc1. The van der Waals surface area contributed by atoms with Gasteiger partial charge in [0.15, 0.2) is 5.58 Å². The van der Waals surface area contributed by atoms with Gasteiger partial charge in [0.05, 0.1) is 16.9 Å². The predicted octanol–water partition coefficient (Wildman–Crippen LogP) is 17.4. The first-order valence-corrected chi connectivity index (χ1v) is 23.0. The summed E-state index contributed by atoms with van der Waals surface area (Å²) < 4.78 is 9.64. The molecule has 11 aromatic rings. The molecule has 0 fully saturated rings. The molecule has 0 amide bonds. The van der Waals surface area contributed by atoms with Gasteiger partial charge in [-0.05, 0) is 129 Å². The van der Waals surface area contributed by atoms with Crippen LogP contribution in [0.15, 0.2) is 180 Å². The fourth-order valence-electron chi connectivity index (χ4n) is 10.8. The number of benzene rings is 8. The number of aromatic nitrogens is 1. The third-order valence-corrected chi connectivity index (χ3v) is 14.2. The minimum absolute atomic E-state index is 0.0483. The van der Waals surface area contributed by atoms with E-state index in [0.29, 0.717) is 0 Å². The molecule has 1 aliphatic carbocycles. The lowest BCUT2D eigenvalue weighted by Gasteiger charge is -2.29. The van der Waals surface area contributed by atoms with Crippen molar-refractivity contribution in [2.75, 3.05) is 9.80 Å². The molecule has 8 aromatic carbocycles. The second-order valence-corrected chi connectivity index (χ2v) is 20.7. The van der Waals surface area contributed by atoms with Gasteiger partial charge in [0.2, 0.25) is 0 Å². The highest BCUT2D eigenvalue weighted by atomic mass is 16.3. The van der Waals surface area contributed by atoms with Crippen LogP contribution in [-0.2, 0) is 16.2 Å². The number of para-hydroxylation sites is 2. The molecule has 0 aliphatic heterocycles. The highest BCUT2D eigenvalue weighted by molar-refractivity contribution is 6.26. The maximum absolute atomic E-state index is 7.07. The fourth-order valence-corrected chi connectivity index (χ4v) is 10.8. The average Bonchev–Trinajstić information content (AvgIpc) is 4.00. The van der Waals surface area contributed by atoms with E-state index in [1.54, 1.807) is 0 Å². The summed E-state index contributed by atoms with van der Waals surface area (Å²) in [5.41, 5.74) is 18.7. The lowest BCUT2D eigenvalue weighted by atomic mass is 9.81. The highest BCUT2D eigenvalue weighted by Crippen LogP contribution is 2.58. The first kappa shape index (κ1) is 39.3. The summed E-state index contributed by atoms with van der Waals surface area (Å²) in [6.45, 7) is 18.5. The first-order chi connectivity index (χ1) is 31.3. The number of hydrogen-bond donors (Lipinski definition) is 0. The van der Waals surface area contributed by atoms with Crippen LogP contribution in [0.3, 0.4) is 0 Å². The first-order valence-electron chi connectivity index (χ1n) is 23.0. The molecule has 0 N–H and O–H groups in total. The Morgan fingerprint density at radius 2 is 1.03 bits per heavy atom. The van der Waals surface area contributed by atoms with E-state index in [2.05, 4.69) is 246 Å². The zero-order valence-corrected chi connectivity index (χ0v) is 38.5. The van der Waals surface area contributed by atoms with Crippen LogP contribution in [-0.4, -0.2) is 4.40 Å². The zero-order chi connectivity index (χ0) is 44.6. The summed E-state index contributed by atoms with van der Waals surface area (Å²) in [7, 11) is 0. The molecule has 0 radical (unpaired) electrons. The van der Waals surface area contributed by atoms with E-state index in [1.165, 1.54) is 44.4 Å². The van der Waals surface area contributed by atoms with Crippen LogP contribution in [0.25, 0.3) is 60.4 Å². The number of anilines is 6.